The molecular formula is C26H33NO2S. The molecule has 3 nitrogen and oxygen atoms in total. The maximum absolute atomic E-state index is 12.1. The Morgan fingerprint density at radius 1 is 1.17 bits per heavy atom. The molecular weight excluding hydrogens is 390 g/mol. The molecule has 0 heterocycles. The monoisotopic (exact) mass is 423 g/mol. The fraction of sp³-hybridized carbons (Fsp3) is 0.423. The van der Waals surface area contributed by atoms with E-state index in [0.29, 0.717) is 11.0 Å². The molecule has 1 aliphatic rings. The van der Waals surface area contributed by atoms with E-state index in [1.54, 1.807) is 7.11 Å². The molecule has 0 atom stereocenters. The van der Waals surface area contributed by atoms with Crippen LogP contribution in [0.2, 0.25) is 0 Å². The van der Waals surface area contributed by atoms with Crippen LogP contribution >= 0.6 is 11.8 Å². The molecule has 0 aromatic heterocycles. The van der Waals surface area contributed by atoms with E-state index in [9.17, 15) is 4.79 Å². The van der Waals surface area contributed by atoms with Crippen molar-refractivity contribution in [1.82, 2.24) is 0 Å². The van der Waals surface area contributed by atoms with Crippen LogP contribution < -0.4 is 10.5 Å². The van der Waals surface area contributed by atoms with Gasteiger partial charge in [-0.05, 0) is 85.1 Å². The lowest BCUT2D eigenvalue weighted by molar-refractivity contribution is 0.1000. The molecule has 1 aliphatic carbocycles. The van der Waals surface area contributed by atoms with Crippen molar-refractivity contribution in [2.45, 2.75) is 57.5 Å². The van der Waals surface area contributed by atoms with Crippen molar-refractivity contribution < 1.29 is 9.53 Å². The number of primary amides is 1. The molecule has 0 saturated heterocycles. The number of benzene rings is 2. The van der Waals surface area contributed by atoms with Gasteiger partial charge in [0.2, 0.25) is 5.91 Å². The van der Waals surface area contributed by atoms with Crippen LogP contribution in [0.3, 0.4) is 0 Å². The molecule has 1 amide bonds. The van der Waals surface area contributed by atoms with Gasteiger partial charge in [-0.2, -0.15) is 0 Å². The number of amides is 1. The quantitative estimate of drug-likeness (QED) is 0.549. The van der Waals surface area contributed by atoms with E-state index in [0.717, 1.165) is 36.3 Å². The molecule has 0 fully saturated rings. The number of carbonyl (C=O) groups excluding carboxylic acids is 1. The molecule has 0 bridgehead atoms. The summed E-state index contributed by atoms with van der Waals surface area (Å²) in [7, 11) is 1.68. The second-order valence-electron chi connectivity index (χ2n) is 9.37. The minimum Gasteiger partial charge on any atom is -0.497 e. The van der Waals surface area contributed by atoms with Crippen LogP contribution in [-0.4, -0.2) is 13.0 Å². The van der Waals surface area contributed by atoms with E-state index >= 15 is 0 Å². The number of carbonyl (C=O) groups is 1. The molecule has 3 rings (SSSR count). The van der Waals surface area contributed by atoms with E-state index in [1.165, 1.54) is 16.7 Å². The number of hydrogen-bond donors (Lipinski definition) is 1. The molecule has 2 aromatic carbocycles. The van der Waals surface area contributed by atoms with Gasteiger partial charge in [0.1, 0.15) is 5.75 Å². The fourth-order valence-electron chi connectivity index (χ4n) is 3.79. The minimum absolute atomic E-state index is 0.0979. The minimum atomic E-state index is -0.356. The van der Waals surface area contributed by atoms with Crippen molar-refractivity contribution in [3.05, 3.63) is 70.8 Å². The average Bonchev–Trinajstić information content (AvgIpc) is 2.72. The number of allylic oxidation sites excluding steroid dienone is 2. The molecule has 2 N–H and O–H groups in total. The summed E-state index contributed by atoms with van der Waals surface area (Å²) in [5.41, 5.74) is 11.4. The van der Waals surface area contributed by atoms with Crippen molar-refractivity contribution in [1.29, 1.82) is 0 Å². The molecule has 0 unspecified atom stereocenters. The number of thioether (sulfide) groups is 1. The second-order valence-corrected chi connectivity index (χ2v) is 11.0. The van der Waals surface area contributed by atoms with Crippen LogP contribution in [0, 0.1) is 5.41 Å². The van der Waals surface area contributed by atoms with Crippen LogP contribution in [-0.2, 0) is 10.5 Å². The highest BCUT2D eigenvalue weighted by molar-refractivity contribution is 7.99. The van der Waals surface area contributed by atoms with Crippen LogP contribution in [0.4, 0.5) is 0 Å². The summed E-state index contributed by atoms with van der Waals surface area (Å²) in [6.45, 7) is 9.07. The molecule has 4 heteroatoms. The molecule has 30 heavy (non-hydrogen) atoms. The summed E-state index contributed by atoms with van der Waals surface area (Å²) >= 11 is 1.89. The van der Waals surface area contributed by atoms with E-state index in [2.05, 4.69) is 58.0 Å². The highest BCUT2D eigenvalue weighted by atomic mass is 32.2. The van der Waals surface area contributed by atoms with Crippen molar-refractivity contribution in [2.24, 2.45) is 11.1 Å². The van der Waals surface area contributed by atoms with E-state index in [-0.39, 0.29) is 10.7 Å². The van der Waals surface area contributed by atoms with Crippen molar-refractivity contribution in [2.75, 3.05) is 7.11 Å². The molecule has 0 aliphatic heterocycles. The zero-order valence-electron chi connectivity index (χ0n) is 18.7. The molecule has 0 spiro atoms. The molecule has 160 valence electrons. The first kappa shape index (κ1) is 22.5. The Balaban J connectivity index is 1.85. The lowest BCUT2D eigenvalue weighted by Gasteiger charge is -2.30. The zero-order chi connectivity index (χ0) is 21.9. The average molecular weight is 424 g/mol. The van der Waals surface area contributed by atoms with Crippen LogP contribution in [0.25, 0.3) is 5.57 Å². The Morgan fingerprint density at radius 2 is 1.87 bits per heavy atom. The van der Waals surface area contributed by atoms with Crippen molar-refractivity contribution in [3.8, 4) is 5.75 Å². The SMILES string of the molecule is COc1ccc(CSC(C)(C)c2ccc(C(N)=O)c(C3=CCC(C)(C)CC3)c2)cc1. The summed E-state index contributed by atoms with van der Waals surface area (Å²) in [4.78, 5) is 12.1. The van der Waals surface area contributed by atoms with Crippen LogP contribution in [0.1, 0.15) is 74.0 Å². The highest BCUT2D eigenvalue weighted by Crippen LogP contribution is 2.42. The van der Waals surface area contributed by atoms with E-state index in [4.69, 9.17) is 10.5 Å². The van der Waals surface area contributed by atoms with E-state index in [1.807, 2.05) is 30.0 Å². The van der Waals surface area contributed by atoms with Gasteiger partial charge in [-0.3, -0.25) is 4.79 Å². The van der Waals surface area contributed by atoms with Gasteiger partial charge in [0.15, 0.2) is 0 Å². The second kappa shape index (κ2) is 8.89. The van der Waals surface area contributed by atoms with Gasteiger partial charge < -0.3 is 10.5 Å². The fourth-order valence-corrected chi connectivity index (χ4v) is 4.80. The molecule has 2 aromatic rings. The first-order valence-electron chi connectivity index (χ1n) is 10.5. The third-order valence-corrected chi connectivity index (χ3v) is 7.49. The van der Waals surface area contributed by atoms with Gasteiger partial charge >= 0.3 is 0 Å². The van der Waals surface area contributed by atoms with Crippen molar-refractivity contribution in [3.63, 3.8) is 0 Å². The smallest absolute Gasteiger partial charge is 0.249 e. The third-order valence-electron chi connectivity index (χ3n) is 6.06. The van der Waals surface area contributed by atoms with E-state index < -0.39 is 0 Å². The first-order chi connectivity index (χ1) is 14.1. The van der Waals surface area contributed by atoms with Gasteiger partial charge in [-0.25, -0.2) is 0 Å². The summed E-state index contributed by atoms with van der Waals surface area (Å²) in [6, 6.07) is 14.4. The Kier molecular flexibility index (Phi) is 6.66. The highest BCUT2D eigenvalue weighted by Gasteiger charge is 2.27. The number of methoxy groups -OCH3 is 1. The Morgan fingerprint density at radius 3 is 2.43 bits per heavy atom. The summed E-state index contributed by atoms with van der Waals surface area (Å²) in [6.07, 6.45) is 5.43. The predicted octanol–water partition coefficient (Wildman–Crippen LogP) is 6.56. The number of rotatable bonds is 7. The summed E-state index contributed by atoms with van der Waals surface area (Å²) in [5, 5.41) is 0. The van der Waals surface area contributed by atoms with Gasteiger partial charge in [0.05, 0.1) is 7.11 Å². The Bertz CT molecular complexity index is 942. The zero-order valence-corrected chi connectivity index (χ0v) is 19.6. The Labute approximate surface area is 185 Å². The van der Waals surface area contributed by atoms with Crippen LogP contribution in [0.5, 0.6) is 5.75 Å². The number of hydrogen-bond acceptors (Lipinski definition) is 3. The topological polar surface area (TPSA) is 52.3 Å². The van der Waals surface area contributed by atoms with Crippen LogP contribution in [0.15, 0.2) is 48.5 Å². The normalized spacial score (nSPS) is 16.1. The summed E-state index contributed by atoms with van der Waals surface area (Å²) < 4.78 is 5.15. The number of nitrogens with two attached hydrogens (primary N) is 1. The Hall–Kier alpha value is -2.20. The summed E-state index contributed by atoms with van der Waals surface area (Å²) in [5.74, 6) is 1.42. The maximum Gasteiger partial charge on any atom is 0.249 e. The van der Waals surface area contributed by atoms with Gasteiger partial charge in [-0.1, -0.05) is 38.1 Å². The van der Waals surface area contributed by atoms with Gasteiger partial charge in [0, 0.05) is 16.1 Å². The number of ether oxygens (including phenoxy) is 1. The largest absolute Gasteiger partial charge is 0.497 e. The van der Waals surface area contributed by atoms with Crippen molar-refractivity contribution >= 4 is 23.2 Å². The lowest BCUT2D eigenvalue weighted by atomic mass is 9.76. The maximum atomic E-state index is 12.1. The van der Waals surface area contributed by atoms with Gasteiger partial charge in [0.25, 0.3) is 0 Å². The first-order valence-corrected chi connectivity index (χ1v) is 11.5. The third kappa shape index (κ3) is 5.28. The lowest BCUT2D eigenvalue weighted by Crippen LogP contribution is -2.19. The predicted molar refractivity (Wildman–Crippen MR) is 128 cm³/mol. The molecule has 0 saturated carbocycles. The standard InChI is InChI=1S/C26H33NO2S/c1-25(2)14-12-19(13-15-25)23-16-20(8-11-22(23)24(27)28)26(3,4)30-17-18-6-9-21(29-5)10-7-18/h6-12,16H,13-15,17H2,1-5H3,(H2,27,28). The van der Waals surface area contributed by atoms with Gasteiger partial charge in [-0.15, -0.1) is 11.8 Å². The molecule has 0 radical (unpaired) electrons.